The molecule has 0 aliphatic rings. The van der Waals surface area contributed by atoms with E-state index in [1.54, 1.807) is 35.8 Å². The summed E-state index contributed by atoms with van der Waals surface area (Å²) in [5.74, 6) is -1.000. The van der Waals surface area contributed by atoms with Gasteiger partial charge in [0.1, 0.15) is 11.4 Å². The second-order valence-corrected chi connectivity index (χ2v) is 8.42. The third kappa shape index (κ3) is 5.31. The van der Waals surface area contributed by atoms with Crippen molar-refractivity contribution in [3.63, 3.8) is 0 Å². The van der Waals surface area contributed by atoms with E-state index in [0.29, 0.717) is 29.3 Å². The van der Waals surface area contributed by atoms with Crippen LogP contribution in [0.2, 0.25) is 0 Å². The molecule has 0 aliphatic heterocycles. The molecule has 0 aliphatic carbocycles. The van der Waals surface area contributed by atoms with Crippen LogP contribution in [0, 0.1) is 11.7 Å². The Morgan fingerprint density at radius 3 is 2.36 bits per heavy atom. The fourth-order valence-corrected chi connectivity index (χ4v) is 4.04. The number of benzene rings is 2. The fraction of sp³-hybridized carbons (Fsp3) is 0.385. The quantitative estimate of drug-likeness (QED) is 0.480. The first-order valence-electron chi connectivity index (χ1n) is 11.1. The molecule has 0 saturated carbocycles. The molecule has 176 valence electrons. The number of aliphatic hydroxyl groups is 2. The highest BCUT2D eigenvalue weighted by atomic mass is 19.1. The minimum atomic E-state index is -0.710. The third-order valence-electron chi connectivity index (χ3n) is 5.93. The number of rotatable bonds is 9. The highest BCUT2D eigenvalue weighted by Crippen LogP contribution is 2.26. The summed E-state index contributed by atoms with van der Waals surface area (Å²) in [4.78, 5) is 25.8. The number of fused-ring (bicyclic) bond motifs is 1. The van der Waals surface area contributed by atoms with Gasteiger partial charge in [0.2, 0.25) is 5.43 Å². The zero-order valence-electron chi connectivity index (χ0n) is 19.2. The number of pyridine rings is 1. The first kappa shape index (κ1) is 24.6. The van der Waals surface area contributed by atoms with Crippen LogP contribution in [-0.4, -0.2) is 34.0 Å². The maximum absolute atomic E-state index is 13.3. The summed E-state index contributed by atoms with van der Waals surface area (Å²) in [5.41, 5.74) is 2.34. The molecule has 1 heterocycles. The number of carbonyl (C=O) groups excluding carboxylic acids is 1. The van der Waals surface area contributed by atoms with Crippen LogP contribution in [0.25, 0.3) is 10.9 Å². The molecule has 0 spiro atoms. The van der Waals surface area contributed by atoms with Gasteiger partial charge in [-0.3, -0.25) is 4.79 Å². The van der Waals surface area contributed by atoms with Gasteiger partial charge in [-0.15, -0.1) is 0 Å². The van der Waals surface area contributed by atoms with Crippen molar-refractivity contribution in [2.24, 2.45) is 5.92 Å². The topological polar surface area (TPSA) is 88.8 Å². The summed E-state index contributed by atoms with van der Waals surface area (Å²) in [6.07, 6.45) is 2.56. The van der Waals surface area contributed by atoms with E-state index >= 15 is 0 Å². The van der Waals surface area contributed by atoms with E-state index in [2.05, 4.69) is 0 Å². The molecule has 6 nitrogen and oxygen atoms in total. The van der Waals surface area contributed by atoms with Crippen molar-refractivity contribution in [2.75, 3.05) is 13.2 Å². The van der Waals surface area contributed by atoms with E-state index in [1.165, 1.54) is 18.3 Å². The predicted octanol–water partition coefficient (Wildman–Crippen LogP) is 3.78. The maximum atomic E-state index is 13.3. The van der Waals surface area contributed by atoms with E-state index in [0.717, 1.165) is 11.1 Å². The number of hydrogen-bond acceptors (Lipinski definition) is 5. The molecule has 3 rings (SSSR count). The Morgan fingerprint density at radius 2 is 1.79 bits per heavy atom. The Bertz CT molecular complexity index is 1180. The lowest BCUT2D eigenvalue weighted by molar-refractivity contribution is 0.0523. The molecule has 0 unspecified atom stereocenters. The molecule has 0 fully saturated rings. The van der Waals surface area contributed by atoms with Gasteiger partial charge < -0.3 is 19.5 Å². The van der Waals surface area contributed by atoms with Gasteiger partial charge in [0.15, 0.2) is 0 Å². The molecule has 0 bridgehead atoms. The fourth-order valence-electron chi connectivity index (χ4n) is 4.04. The summed E-state index contributed by atoms with van der Waals surface area (Å²) in [5, 5.41) is 20.4. The molecule has 0 amide bonds. The Balaban J connectivity index is 2.18. The van der Waals surface area contributed by atoms with E-state index in [9.17, 15) is 24.2 Å². The smallest absolute Gasteiger partial charge is 0.343 e. The van der Waals surface area contributed by atoms with Crippen molar-refractivity contribution in [1.29, 1.82) is 0 Å². The zero-order valence-corrected chi connectivity index (χ0v) is 19.2. The Hall–Kier alpha value is -3.03. The number of hydrogen-bond donors (Lipinski definition) is 2. The lowest BCUT2D eigenvalue weighted by atomic mass is 9.96. The number of aliphatic hydroxyl groups excluding tert-OH is 2. The monoisotopic (exact) mass is 455 g/mol. The van der Waals surface area contributed by atoms with Crippen LogP contribution in [0.1, 0.15) is 53.9 Å². The molecule has 1 atom stereocenters. The van der Waals surface area contributed by atoms with Gasteiger partial charge in [0.05, 0.1) is 31.4 Å². The second-order valence-electron chi connectivity index (χ2n) is 8.42. The largest absolute Gasteiger partial charge is 0.462 e. The maximum Gasteiger partial charge on any atom is 0.343 e. The lowest BCUT2D eigenvalue weighted by Gasteiger charge is -2.25. The number of ether oxygens (including phenoxy) is 1. The van der Waals surface area contributed by atoms with Crippen molar-refractivity contribution in [2.45, 2.75) is 46.3 Å². The summed E-state index contributed by atoms with van der Waals surface area (Å²) < 4.78 is 20.0. The normalized spacial score (nSPS) is 12.3. The average Bonchev–Trinajstić information content (AvgIpc) is 2.80. The molecular formula is C26H30FNO5. The van der Waals surface area contributed by atoms with E-state index < -0.39 is 11.4 Å². The van der Waals surface area contributed by atoms with Gasteiger partial charge in [0, 0.05) is 11.6 Å². The molecule has 7 heteroatoms. The van der Waals surface area contributed by atoms with Gasteiger partial charge >= 0.3 is 5.97 Å². The van der Waals surface area contributed by atoms with E-state index in [1.807, 2.05) is 13.8 Å². The van der Waals surface area contributed by atoms with Crippen LogP contribution in [0.5, 0.6) is 0 Å². The molecule has 2 aromatic carbocycles. The third-order valence-corrected chi connectivity index (χ3v) is 5.93. The summed E-state index contributed by atoms with van der Waals surface area (Å²) in [7, 11) is 0. The van der Waals surface area contributed by atoms with Crippen molar-refractivity contribution >= 4 is 16.9 Å². The number of aryl methyl sites for hydroxylation is 2. The highest BCUT2D eigenvalue weighted by Gasteiger charge is 2.23. The van der Waals surface area contributed by atoms with Crippen molar-refractivity contribution in [3.05, 3.63) is 80.9 Å². The van der Waals surface area contributed by atoms with Crippen LogP contribution in [0.4, 0.5) is 4.39 Å². The van der Waals surface area contributed by atoms with E-state index in [4.69, 9.17) is 4.74 Å². The molecule has 1 aromatic heterocycles. The van der Waals surface area contributed by atoms with Crippen LogP contribution in [0.15, 0.2) is 47.4 Å². The van der Waals surface area contributed by atoms with Crippen molar-refractivity contribution in [3.8, 4) is 0 Å². The number of carbonyl (C=O) groups is 1. The number of esters is 1. The summed E-state index contributed by atoms with van der Waals surface area (Å²) in [6, 6.07) is 9.28. The van der Waals surface area contributed by atoms with Crippen LogP contribution in [-0.2, 0) is 24.2 Å². The highest BCUT2D eigenvalue weighted by molar-refractivity contribution is 5.94. The summed E-state index contributed by atoms with van der Waals surface area (Å²) in [6.45, 7) is 5.28. The van der Waals surface area contributed by atoms with Gasteiger partial charge in [-0.2, -0.15) is 0 Å². The number of nitrogens with zero attached hydrogens (tertiary/aromatic N) is 1. The minimum absolute atomic E-state index is 0.0199. The Kier molecular flexibility index (Phi) is 8.00. The number of aromatic nitrogens is 1. The van der Waals surface area contributed by atoms with Crippen LogP contribution < -0.4 is 5.43 Å². The predicted molar refractivity (Wildman–Crippen MR) is 125 cm³/mol. The first-order valence-corrected chi connectivity index (χ1v) is 11.1. The molecular weight excluding hydrogens is 425 g/mol. The first-order chi connectivity index (χ1) is 15.8. The van der Waals surface area contributed by atoms with Crippen molar-refractivity contribution in [1.82, 2.24) is 4.57 Å². The minimum Gasteiger partial charge on any atom is -0.462 e. The van der Waals surface area contributed by atoms with Gasteiger partial charge in [-0.1, -0.05) is 26.0 Å². The van der Waals surface area contributed by atoms with Crippen LogP contribution >= 0.6 is 0 Å². The van der Waals surface area contributed by atoms with E-state index in [-0.39, 0.29) is 43.2 Å². The van der Waals surface area contributed by atoms with Gasteiger partial charge in [-0.25, -0.2) is 9.18 Å². The summed E-state index contributed by atoms with van der Waals surface area (Å²) >= 11 is 0. The van der Waals surface area contributed by atoms with Gasteiger partial charge in [0.25, 0.3) is 0 Å². The molecule has 0 radical (unpaired) electrons. The van der Waals surface area contributed by atoms with Gasteiger partial charge in [-0.05, 0) is 66.6 Å². The average molecular weight is 456 g/mol. The Labute approximate surface area is 192 Å². The second kappa shape index (κ2) is 10.7. The standard InChI is InChI=1S/C26H30FNO5/c1-4-33-26(32)22-13-28(24(15-30)16(2)3)23-12-19(14-29)18(11-21(23)25(22)31)8-5-17-6-9-20(27)10-7-17/h6-7,9-13,16,24,29-30H,4-5,8,14-15H2,1-3H3/t24-/m1/s1. The molecule has 2 N–H and O–H groups in total. The van der Waals surface area contributed by atoms with Crippen molar-refractivity contribution < 1.29 is 24.1 Å². The number of halogens is 1. The molecule has 33 heavy (non-hydrogen) atoms. The van der Waals surface area contributed by atoms with Crippen LogP contribution in [0.3, 0.4) is 0 Å². The lowest BCUT2D eigenvalue weighted by Crippen LogP contribution is -2.26. The molecule has 3 aromatic rings. The SMILES string of the molecule is CCOC(=O)c1cn([C@H](CO)C(C)C)c2cc(CO)c(CCc3ccc(F)cc3)cc2c1=O. The zero-order chi connectivity index (χ0) is 24.1. The molecule has 0 saturated heterocycles. The Morgan fingerprint density at radius 1 is 1.09 bits per heavy atom.